The number of H-pyrrole nitrogens is 1. The van der Waals surface area contributed by atoms with E-state index in [4.69, 9.17) is 11.6 Å². The Bertz CT molecular complexity index is 1510. The van der Waals surface area contributed by atoms with Crippen LogP contribution >= 0.6 is 39.3 Å². The third kappa shape index (κ3) is 5.96. The lowest BCUT2D eigenvalue weighted by molar-refractivity contribution is -0.129. The second kappa shape index (κ2) is 12.4. The third-order valence-electron chi connectivity index (χ3n) is 7.30. The summed E-state index contributed by atoms with van der Waals surface area (Å²) < 4.78 is -0.170. The van der Waals surface area contributed by atoms with E-state index in [1.165, 1.54) is 11.8 Å². The minimum atomic E-state index is -1.13. The number of aromatic nitrogens is 1. The number of rotatable bonds is 10. The van der Waals surface area contributed by atoms with Crippen molar-refractivity contribution in [1.82, 2.24) is 15.2 Å². The standard InChI is InChI=1S/C31H31BrClN3O3S/c1-20-4-11-24(12-5-20)40-31(30(39)34-14-2-3-15-37)17-28(38)36(19-21-6-8-22(32)9-7-21)29(31)26-18-35-27-16-23(33)10-13-25(26)27/h4-13,16,18,29,35,37H,2-3,14-15,17,19H2,1H3,(H,34,39)/t29-,31+/m1/s1. The van der Waals surface area contributed by atoms with Crippen LogP contribution in [0.2, 0.25) is 5.02 Å². The van der Waals surface area contributed by atoms with Gasteiger partial charge in [0.05, 0.1) is 12.5 Å². The van der Waals surface area contributed by atoms with E-state index in [1.807, 2.05) is 84.8 Å². The van der Waals surface area contributed by atoms with Crippen molar-refractivity contribution in [3.8, 4) is 0 Å². The number of halogens is 2. The number of unbranched alkanes of at least 4 members (excludes halogenated alkanes) is 1. The number of aliphatic hydroxyl groups is 1. The maximum absolute atomic E-state index is 14.3. The van der Waals surface area contributed by atoms with Crippen molar-refractivity contribution in [3.05, 3.63) is 99.1 Å². The van der Waals surface area contributed by atoms with Gasteiger partial charge in [0.2, 0.25) is 11.8 Å². The van der Waals surface area contributed by atoms with E-state index in [2.05, 4.69) is 26.2 Å². The molecule has 0 radical (unpaired) electrons. The molecule has 1 aromatic heterocycles. The average Bonchev–Trinajstić information content (AvgIpc) is 3.46. The molecule has 5 rings (SSSR count). The van der Waals surface area contributed by atoms with Crippen LogP contribution in [0.25, 0.3) is 10.9 Å². The molecule has 2 atom stereocenters. The molecule has 2 amide bonds. The Balaban J connectivity index is 1.64. The number of amides is 2. The molecule has 0 unspecified atom stereocenters. The highest BCUT2D eigenvalue weighted by Gasteiger charge is 2.58. The fourth-order valence-corrected chi connectivity index (χ4v) is 7.15. The summed E-state index contributed by atoms with van der Waals surface area (Å²) in [5.41, 5.74) is 3.82. The Hall–Kier alpha value is -2.78. The van der Waals surface area contributed by atoms with E-state index in [9.17, 15) is 14.7 Å². The molecule has 2 heterocycles. The molecule has 1 aliphatic rings. The zero-order valence-electron chi connectivity index (χ0n) is 22.1. The number of nitrogens with zero attached hydrogens (tertiary/aromatic N) is 1. The van der Waals surface area contributed by atoms with Gasteiger partial charge in [-0.2, -0.15) is 0 Å². The third-order valence-corrected chi connectivity index (χ3v) is 9.49. The second-order valence-corrected chi connectivity index (χ2v) is 12.9. The van der Waals surface area contributed by atoms with Crippen LogP contribution in [0.1, 0.15) is 42.0 Å². The number of carbonyl (C=O) groups excluding carboxylic acids is 2. The first kappa shape index (κ1) is 28.7. The highest BCUT2D eigenvalue weighted by atomic mass is 79.9. The highest BCUT2D eigenvalue weighted by molar-refractivity contribution is 9.10. The van der Waals surface area contributed by atoms with Crippen LogP contribution in [-0.4, -0.2) is 44.7 Å². The smallest absolute Gasteiger partial charge is 0.239 e. The Morgan fingerprint density at radius 2 is 1.90 bits per heavy atom. The second-order valence-electron chi connectivity index (χ2n) is 10.2. The molecule has 4 aromatic rings. The number of likely N-dealkylation sites (tertiary alicyclic amines) is 1. The van der Waals surface area contributed by atoms with Gasteiger partial charge in [0.1, 0.15) is 4.75 Å². The zero-order valence-corrected chi connectivity index (χ0v) is 25.3. The summed E-state index contributed by atoms with van der Waals surface area (Å²) in [7, 11) is 0. The van der Waals surface area contributed by atoms with Gasteiger partial charge >= 0.3 is 0 Å². The van der Waals surface area contributed by atoms with Crippen LogP contribution in [0, 0.1) is 6.92 Å². The highest BCUT2D eigenvalue weighted by Crippen LogP contribution is 2.54. The number of aliphatic hydroxyl groups excluding tert-OH is 1. The molecule has 40 heavy (non-hydrogen) atoms. The number of thioether (sulfide) groups is 1. The van der Waals surface area contributed by atoms with E-state index in [0.29, 0.717) is 31.0 Å². The van der Waals surface area contributed by atoms with Crippen molar-refractivity contribution in [3.63, 3.8) is 0 Å². The summed E-state index contributed by atoms with van der Waals surface area (Å²) in [4.78, 5) is 34.3. The monoisotopic (exact) mass is 639 g/mol. The van der Waals surface area contributed by atoms with E-state index in [1.54, 1.807) is 0 Å². The number of fused-ring (bicyclic) bond motifs is 1. The van der Waals surface area contributed by atoms with Gasteiger partial charge in [-0.15, -0.1) is 11.8 Å². The first-order chi connectivity index (χ1) is 19.3. The SMILES string of the molecule is Cc1ccc(S[C@@]2(C(=O)NCCCCO)CC(=O)N(Cc3ccc(Br)cc3)[C@@H]2c2c[nH]c3cc(Cl)ccc23)cc1. The summed E-state index contributed by atoms with van der Waals surface area (Å²) in [5, 5.41) is 13.9. The molecule has 3 aromatic carbocycles. The molecule has 1 saturated heterocycles. The van der Waals surface area contributed by atoms with Crippen molar-refractivity contribution < 1.29 is 14.7 Å². The Labute approximate surface area is 251 Å². The van der Waals surface area contributed by atoms with Gasteiger partial charge in [-0.25, -0.2) is 0 Å². The van der Waals surface area contributed by atoms with Gasteiger partial charge < -0.3 is 20.3 Å². The van der Waals surface area contributed by atoms with Crippen LogP contribution < -0.4 is 5.32 Å². The number of aromatic amines is 1. The molecule has 9 heteroatoms. The predicted molar refractivity (Wildman–Crippen MR) is 164 cm³/mol. The molecular weight excluding hydrogens is 610 g/mol. The van der Waals surface area contributed by atoms with Crippen LogP contribution in [-0.2, 0) is 16.1 Å². The fraction of sp³-hybridized carbons (Fsp3) is 0.290. The molecule has 0 bridgehead atoms. The molecule has 3 N–H and O–H groups in total. The Kier molecular flexibility index (Phi) is 8.90. The number of carbonyl (C=O) groups is 2. The lowest BCUT2D eigenvalue weighted by Gasteiger charge is -2.36. The molecule has 1 fully saturated rings. The van der Waals surface area contributed by atoms with Crippen molar-refractivity contribution >= 4 is 62.0 Å². The summed E-state index contributed by atoms with van der Waals surface area (Å²) in [6, 6.07) is 21.1. The number of aryl methyl sites for hydroxylation is 1. The van der Waals surface area contributed by atoms with Gasteiger partial charge in [0, 0.05) is 56.8 Å². The van der Waals surface area contributed by atoms with Crippen LogP contribution in [0.5, 0.6) is 0 Å². The summed E-state index contributed by atoms with van der Waals surface area (Å²) in [5.74, 6) is -0.266. The predicted octanol–water partition coefficient (Wildman–Crippen LogP) is 6.79. The molecule has 0 aliphatic carbocycles. The van der Waals surface area contributed by atoms with Crippen molar-refractivity contribution in [2.75, 3.05) is 13.2 Å². The lowest BCUT2D eigenvalue weighted by atomic mass is 9.91. The van der Waals surface area contributed by atoms with Crippen LogP contribution in [0.3, 0.4) is 0 Å². The van der Waals surface area contributed by atoms with Gasteiger partial charge in [-0.05, 0) is 61.7 Å². The lowest BCUT2D eigenvalue weighted by Crippen LogP contribution is -2.48. The normalized spacial score (nSPS) is 18.9. The maximum atomic E-state index is 14.3. The summed E-state index contributed by atoms with van der Waals surface area (Å²) in [6.07, 6.45) is 3.21. The van der Waals surface area contributed by atoms with Crippen molar-refractivity contribution in [2.24, 2.45) is 0 Å². The molecule has 1 aliphatic heterocycles. The molecule has 6 nitrogen and oxygen atoms in total. The largest absolute Gasteiger partial charge is 0.396 e. The van der Waals surface area contributed by atoms with E-state index < -0.39 is 10.8 Å². The van der Waals surface area contributed by atoms with Crippen molar-refractivity contribution in [1.29, 1.82) is 0 Å². The van der Waals surface area contributed by atoms with Gasteiger partial charge in [-0.3, -0.25) is 9.59 Å². The number of hydrogen-bond donors (Lipinski definition) is 3. The maximum Gasteiger partial charge on any atom is 0.239 e. The molecule has 0 saturated carbocycles. The van der Waals surface area contributed by atoms with Crippen molar-refractivity contribution in [2.45, 2.75) is 48.4 Å². The first-order valence-corrected chi connectivity index (χ1v) is 15.2. The molecular formula is C31H31BrClN3O3S. The van der Waals surface area contributed by atoms with Gasteiger partial charge in [0.25, 0.3) is 0 Å². The summed E-state index contributed by atoms with van der Waals surface area (Å²) >= 11 is 11.2. The minimum Gasteiger partial charge on any atom is -0.396 e. The quantitative estimate of drug-likeness (QED) is 0.167. The average molecular weight is 641 g/mol. The summed E-state index contributed by atoms with van der Waals surface area (Å²) in [6.45, 7) is 2.88. The number of hydrogen-bond acceptors (Lipinski definition) is 4. The van der Waals surface area contributed by atoms with Crippen LogP contribution in [0.4, 0.5) is 0 Å². The van der Waals surface area contributed by atoms with Gasteiger partial charge in [0.15, 0.2) is 0 Å². The zero-order chi connectivity index (χ0) is 28.3. The number of nitrogens with one attached hydrogen (secondary N) is 2. The Morgan fingerprint density at radius 1 is 1.15 bits per heavy atom. The van der Waals surface area contributed by atoms with E-state index in [-0.39, 0.29) is 24.8 Å². The minimum absolute atomic E-state index is 0.0544. The first-order valence-electron chi connectivity index (χ1n) is 13.3. The van der Waals surface area contributed by atoms with Crippen LogP contribution in [0.15, 0.2) is 82.3 Å². The number of benzene rings is 3. The topological polar surface area (TPSA) is 85.4 Å². The molecule has 208 valence electrons. The van der Waals surface area contributed by atoms with E-state index in [0.717, 1.165) is 37.0 Å². The Morgan fingerprint density at radius 3 is 2.62 bits per heavy atom. The fourth-order valence-electron chi connectivity index (χ4n) is 5.30. The van der Waals surface area contributed by atoms with E-state index >= 15 is 0 Å². The molecule has 0 spiro atoms. The van der Waals surface area contributed by atoms with Gasteiger partial charge in [-0.1, -0.05) is 63.4 Å².